The van der Waals surface area contributed by atoms with Crippen molar-refractivity contribution >= 4 is 17.7 Å². The third-order valence-corrected chi connectivity index (χ3v) is 3.67. The van der Waals surface area contributed by atoms with Crippen LogP contribution in [-0.2, 0) is 9.47 Å². The van der Waals surface area contributed by atoms with Gasteiger partial charge in [-0.25, -0.2) is 0 Å². The second-order valence-corrected chi connectivity index (χ2v) is 6.58. The molecular formula is C17H35LiO2. The predicted molar refractivity (Wildman–Crippen MR) is 88.3 cm³/mol. The summed E-state index contributed by atoms with van der Waals surface area (Å²) in [7, 11) is 0. The van der Waals surface area contributed by atoms with E-state index in [1.54, 1.807) is 0 Å². The fourth-order valence-electron chi connectivity index (χ4n) is 2.62. The number of hydrogen-bond acceptors (Lipinski definition) is 2. The van der Waals surface area contributed by atoms with Crippen LogP contribution in [0.3, 0.4) is 0 Å². The quantitative estimate of drug-likeness (QED) is 0.235. The van der Waals surface area contributed by atoms with Crippen molar-refractivity contribution in [3.63, 3.8) is 0 Å². The Balaban J connectivity index is 3.06. The van der Waals surface area contributed by atoms with Crippen molar-refractivity contribution in [2.45, 2.75) is 83.1 Å². The average molecular weight is 278 g/mol. The number of unbranched alkanes of at least 4 members (excludes halogenated alkanes) is 5. The van der Waals surface area contributed by atoms with Gasteiger partial charge in [-0.3, -0.25) is 0 Å². The van der Waals surface area contributed by atoms with Gasteiger partial charge in [-0.1, -0.05) is 32.6 Å². The van der Waals surface area contributed by atoms with E-state index in [0.717, 1.165) is 30.1 Å². The van der Waals surface area contributed by atoms with Gasteiger partial charge in [0.2, 0.25) is 0 Å². The molecule has 0 fully saturated rings. The van der Waals surface area contributed by atoms with Gasteiger partial charge in [0.1, 0.15) is 0 Å². The Bertz CT molecular complexity index is 186. The van der Waals surface area contributed by atoms with Crippen molar-refractivity contribution in [3.8, 4) is 0 Å². The van der Waals surface area contributed by atoms with Crippen LogP contribution in [0.2, 0.25) is 4.59 Å². The van der Waals surface area contributed by atoms with Crippen LogP contribution in [0.5, 0.6) is 0 Å². The molecule has 0 rings (SSSR count). The van der Waals surface area contributed by atoms with Gasteiger partial charge in [-0.2, -0.15) is 0 Å². The monoisotopic (exact) mass is 278 g/mol. The Morgan fingerprint density at radius 2 is 1.45 bits per heavy atom. The van der Waals surface area contributed by atoms with E-state index in [1.165, 1.54) is 51.4 Å². The molecule has 3 heteroatoms. The molecule has 2 nitrogen and oxygen atoms in total. The zero-order valence-corrected chi connectivity index (χ0v) is 14.5. The molecule has 0 aromatic rings. The van der Waals surface area contributed by atoms with E-state index in [0.29, 0.717) is 6.79 Å². The second kappa shape index (κ2) is 15.9. The molecule has 0 aromatic heterocycles. The molecule has 0 saturated carbocycles. The van der Waals surface area contributed by atoms with Crippen molar-refractivity contribution in [1.29, 1.82) is 0 Å². The molecule has 0 saturated heterocycles. The molecule has 0 aliphatic heterocycles. The SMILES string of the molecule is [Li][CH](C)CC(C)CCCOCOCCCCCCCC. The Kier molecular flexibility index (Phi) is 16.3. The normalized spacial score (nSPS) is 14.4. The van der Waals surface area contributed by atoms with E-state index in [9.17, 15) is 0 Å². The predicted octanol–water partition coefficient (Wildman–Crippen LogP) is 5.12. The first-order chi connectivity index (χ1) is 9.66. The molecular weight excluding hydrogens is 243 g/mol. The summed E-state index contributed by atoms with van der Waals surface area (Å²) in [6.45, 7) is 9.07. The third kappa shape index (κ3) is 16.6. The molecule has 0 spiro atoms. The van der Waals surface area contributed by atoms with Crippen LogP contribution in [0, 0.1) is 5.92 Å². The van der Waals surface area contributed by atoms with Gasteiger partial charge in [0.15, 0.2) is 0 Å². The molecule has 0 radical (unpaired) electrons. The average Bonchev–Trinajstić information content (AvgIpc) is 2.39. The molecule has 0 heterocycles. The van der Waals surface area contributed by atoms with Gasteiger partial charge in [-0.15, -0.1) is 0 Å². The standard InChI is InChI=1S/C17H35O2.Li/c1-4-6-7-8-9-10-14-18-16-19-15-11-13-17(3)12-5-2;/h5,17H,4,6-16H2,1-3H3;. The van der Waals surface area contributed by atoms with Gasteiger partial charge in [-0.05, 0) is 0 Å². The molecule has 20 heavy (non-hydrogen) atoms. The van der Waals surface area contributed by atoms with E-state index >= 15 is 0 Å². The summed E-state index contributed by atoms with van der Waals surface area (Å²) in [6.07, 6.45) is 11.7. The summed E-state index contributed by atoms with van der Waals surface area (Å²) in [4.78, 5) is 0. The van der Waals surface area contributed by atoms with Gasteiger partial charge in [0.25, 0.3) is 0 Å². The second-order valence-electron chi connectivity index (χ2n) is 6.58. The van der Waals surface area contributed by atoms with Crippen LogP contribution in [0.25, 0.3) is 0 Å². The first-order valence-electron chi connectivity index (χ1n) is 8.82. The minimum absolute atomic E-state index is 0.480. The Morgan fingerprint density at radius 1 is 0.850 bits per heavy atom. The van der Waals surface area contributed by atoms with Crippen LogP contribution in [-0.4, -0.2) is 37.7 Å². The van der Waals surface area contributed by atoms with Crippen LogP contribution < -0.4 is 0 Å². The Morgan fingerprint density at radius 3 is 2.10 bits per heavy atom. The van der Waals surface area contributed by atoms with Crippen molar-refractivity contribution in [1.82, 2.24) is 0 Å². The van der Waals surface area contributed by atoms with Crippen LogP contribution in [0.4, 0.5) is 0 Å². The summed E-state index contributed by atoms with van der Waals surface area (Å²) in [5, 5.41) is 0. The fraction of sp³-hybridized carbons (Fsp3) is 1.00. The van der Waals surface area contributed by atoms with E-state index in [-0.39, 0.29) is 0 Å². The summed E-state index contributed by atoms with van der Waals surface area (Å²) in [5.41, 5.74) is 0. The van der Waals surface area contributed by atoms with Crippen molar-refractivity contribution in [2.75, 3.05) is 20.0 Å². The molecule has 116 valence electrons. The van der Waals surface area contributed by atoms with E-state index < -0.39 is 0 Å². The summed E-state index contributed by atoms with van der Waals surface area (Å²) in [6, 6.07) is 0. The van der Waals surface area contributed by atoms with Gasteiger partial charge < -0.3 is 0 Å². The first kappa shape index (κ1) is 20.5. The van der Waals surface area contributed by atoms with E-state index in [1.807, 2.05) is 0 Å². The van der Waals surface area contributed by atoms with E-state index in [2.05, 4.69) is 38.5 Å². The Hall–Kier alpha value is 0.517. The Labute approximate surface area is 136 Å². The minimum atomic E-state index is 0.480. The molecule has 2 atom stereocenters. The number of ether oxygens (including phenoxy) is 2. The third-order valence-electron chi connectivity index (χ3n) is 3.67. The zero-order valence-electron chi connectivity index (χ0n) is 14.5. The van der Waals surface area contributed by atoms with Crippen LogP contribution >= 0.6 is 0 Å². The van der Waals surface area contributed by atoms with Crippen molar-refractivity contribution < 1.29 is 9.47 Å². The summed E-state index contributed by atoms with van der Waals surface area (Å²) in [5.74, 6) is 0.822. The van der Waals surface area contributed by atoms with Gasteiger partial charge in [0, 0.05) is 0 Å². The first-order valence-corrected chi connectivity index (χ1v) is 8.82. The molecule has 0 aliphatic rings. The fourth-order valence-corrected chi connectivity index (χ4v) is 2.62. The van der Waals surface area contributed by atoms with Gasteiger partial charge >= 0.3 is 104 Å². The molecule has 0 amide bonds. The zero-order chi connectivity index (χ0) is 15.1. The van der Waals surface area contributed by atoms with Crippen molar-refractivity contribution in [2.24, 2.45) is 5.92 Å². The number of rotatable bonds is 15. The molecule has 0 bridgehead atoms. The molecule has 0 aromatic carbocycles. The van der Waals surface area contributed by atoms with Crippen molar-refractivity contribution in [3.05, 3.63) is 0 Å². The molecule has 2 unspecified atom stereocenters. The molecule has 0 N–H and O–H groups in total. The van der Waals surface area contributed by atoms with E-state index in [4.69, 9.17) is 9.47 Å². The topological polar surface area (TPSA) is 18.5 Å². The minimum Gasteiger partial charge on any atom is -0.0654 e. The summed E-state index contributed by atoms with van der Waals surface area (Å²) >= 11 is 2.29. The van der Waals surface area contributed by atoms with Gasteiger partial charge in [0.05, 0.1) is 0 Å². The summed E-state index contributed by atoms with van der Waals surface area (Å²) < 4.78 is 11.8. The van der Waals surface area contributed by atoms with Crippen LogP contribution in [0.1, 0.15) is 78.6 Å². The van der Waals surface area contributed by atoms with Crippen LogP contribution in [0.15, 0.2) is 0 Å². The smallest absolute Gasteiger partial charge is 0.0654 e. The number of hydrogen-bond donors (Lipinski definition) is 0. The molecule has 0 aliphatic carbocycles. The maximum absolute atomic E-state index is 5.51. The maximum atomic E-state index is 5.51.